The van der Waals surface area contributed by atoms with Crippen LogP contribution in [0.5, 0.6) is 0 Å². The van der Waals surface area contributed by atoms with Gasteiger partial charge in [-0.05, 0) is 19.8 Å². The fourth-order valence-corrected chi connectivity index (χ4v) is 1.82. The maximum Gasteiger partial charge on any atom is 0.123 e. The van der Waals surface area contributed by atoms with Crippen LogP contribution < -0.4 is 0 Å². The van der Waals surface area contributed by atoms with Crippen molar-refractivity contribution in [2.24, 2.45) is 10.9 Å². The molecule has 0 radical (unpaired) electrons. The quantitative estimate of drug-likeness (QED) is 0.385. The zero-order chi connectivity index (χ0) is 10.4. The zero-order valence-corrected chi connectivity index (χ0v) is 8.84. The van der Waals surface area contributed by atoms with Crippen molar-refractivity contribution in [3.63, 3.8) is 0 Å². The molecule has 0 aliphatic heterocycles. The lowest BCUT2D eigenvalue weighted by Crippen LogP contribution is -2.11. The number of rotatable bonds is 2. The van der Waals surface area contributed by atoms with Gasteiger partial charge >= 0.3 is 0 Å². The Morgan fingerprint density at radius 2 is 1.71 bits per heavy atom. The van der Waals surface area contributed by atoms with Gasteiger partial charge in [-0.3, -0.25) is 5.41 Å². The molecular formula is C11H19N3. The standard InChI is InChI=1S/C11H19N3/c1-9(12)8-14-11(13)10-6-4-2-3-5-7-10/h8,10,12-13H,2-7H2,1H3/b12-9?,13-11?,14-8-. The Kier molecular flexibility index (Phi) is 4.50. The van der Waals surface area contributed by atoms with E-state index in [9.17, 15) is 0 Å². The van der Waals surface area contributed by atoms with Gasteiger partial charge in [0.1, 0.15) is 5.84 Å². The molecule has 1 rings (SSSR count). The van der Waals surface area contributed by atoms with E-state index in [0.717, 1.165) is 12.8 Å². The van der Waals surface area contributed by atoms with Crippen molar-refractivity contribution >= 4 is 17.8 Å². The second kappa shape index (κ2) is 5.68. The first-order chi connectivity index (χ1) is 6.70. The number of hydrogen-bond acceptors (Lipinski definition) is 2. The third-order valence-electron chi connectivity index (χ3n) is 2.64. The van der Waals surface area contributed by atoms with Gasteiger partial charge in [0.25, 0.3) is 0 Å². The van der Waals surface area contributed by atoms with Crippen LogP contribution in [-0.4, -0.2) is 17.8 Å². The number of amidine groups is 1. The number of aliphatic imine (C=N–C) groups is 1. The van der Waals surface area contributed by atoms with Gasteiger partial charge in [-0.2, -0.15) is 0 Å². The van der Waals surface area contributed by atoms with Crippen LogP contribution in [-0.2, 0) is 0 Å². The third kappa shape index (κ3) is 3.81. The molecule has 0 unspecified atom stereocenters. The first-order valence-corrected chi connectivity index (χ1v) is 5.38. The Hall–Kier alpha value is -0.990. The zero-order valence-electron chi connectivity index (χ0n) is 8.84. The summed E-state index contributed by atoms with van der Waals surface area (Å²) in [5.74, 6) is 0.812. The fraction of sp³-hybridized carbons (Fsp3) is 0.727. The molecule has 1 saturated carbocycles. The van der Waals surface area contributed by atoms with Gasteiger partial charge in [-0.15, -0.1) is 0 Å². The van der Waals surface area contributed by atoms with Crippen LogP contribution in [0.2, 0.25) is 0 Å². The normalized spacial score (nSPS) is 19.5. The van der Waals surface area contributed by atoms with Crippen molar-refractivity contribution < 1.29 is 0 Å². The lowest BCUT2D eigenvalue weighted by atomic mass is 9.99. The largest absolute Gasteiger partial charge is 0.304 e. The van der Waals surface area contributed by atoms with Crippen molar-refractivity contribution in [1.29, 1.82) is 10.8 Å². The lowest BCUT2D eigenvalue weighted by molar-refractivity contribution is 0.585. The summed E-state index contributed by atoms with van der Waals surface area (Å²) >= 11 is 0. The van der Waals surface area contributed by atoms with Gasteiger partial charge in [-0.1, -0.05) is 25.7 Å². The summed E-state index contributed by atoms with van der Waals surface area (Å²) in [4.78, 5) is 4.02. The van der Waals surface area contributed by atoms with Crippen LogP contribution in [0.15, 0.2) is 4.99 Å². The van der Waals surface area contributed by atoms with E-state index in [4.69, 9.17) is 10.8 Å². The summed E-state index contributed by atoms with van der Waals surface area (Å²) < 4.78 is 0. The average Bonchev–Trinajstić information content (AvgIpc) is 2.42. The molecule has 1 aliphatic rings. The van der Waals surface area contributed by atoms with Crippen molar-refractivity contribution in [2.75, 3.05) is 0 Å². The molecule has 2 N–H and O–H groups in total. The van der Waals surface area contributed by atoms with Gasteiger partial charge in [0, 0.05) is 17.8 Å². The molecule has 0 amide bonds. The molecule has 0 bridgehead atoms. The Morgan fingerprint density at radius 1 is 1.14 bits per heavy atom. The van der Waals surface area contributed by atoms with Crippen molar-refractivity contribution in [2.45, 2.75) is 45.4 Å². The van der Waals surface area contributed by atoms with E-state index >= 15 is 0 Å². The molecule has 3 nitrogen and oxygen atoms in total. The van der Waals surface area contributed by atoms with E-state index in [-0.39, 0.29) is 0 Å². The Morgan fingerprint density at radius 3 is 2.21 bits per heavy atom. The summed E-state index contributed by atoms with van der Waals surface area (Å²) in [7, 11) is 0. The minimum atomic E-state index is 0.341. The number of hydrogen-bond donors (Lipinski definition) is 2. The maximum absolute atomic E-state index is 7.78. The molecule has 1 fully saturated rings. The highest BCUT2D eigenvalue weighted by Gasteiger charge is 2.15. The summed E-state index contributed by atoms with van der Waals surface area (Å²) in [6, 6.07) is 0. The summed E-state index contributed by atoms with van der Waals surface area (Å²) in [5, 5.41) is 15.0. The molecule has 3 heteroatoms. The average molecular weight is 193 g/mol. The number of nitrogens with one attached hydrogen (secondary N) is 2. The van der Waals surface area contributed by atoms with Crippen LogP contribution in [0, 0.1) is 16.7 Å². The molecule has 0 saturated heterocycles. The minimum absolute atomic E-state index is 0.341. The summed E-state index contributed by atoms with van der Waals surface area (Å²) in [6.07, 6.45) is 8.75. The summed E-state index contributed by atoms with van der Waals surface area (Å²) in [6.45, 7) is 1.68. The van der Waals surface area contributed by atoms with E-state index < -0.39 is 0 Å². The molecule has 0 aromatic rings. The fourth-order valence-electron chi connectivity index (χ4n) is 1.82. The molecule has 1 aliphatic carbocycles. The van der Waals surface area contributed by atoms with Crippen LogP contribution in [0.1, 0.15) is 45.4 Å². The highest BCUT2D eigenvalue weighted by molar-refractivity contribution is 6.29. The van der Waals surface area contributed by atoms with Gasteiger partial charge in [0.15, 0.2) is 0 Å². The molecule has 14 heavy (non-hydrogen) atoms. The number of nitrogens with zero attached hydrogens (tertiary/aromatic N) is 1. The van der Waals surface area contributed by atoms with E-state index in [1.807, 2.05) is 0 Å². The van der Waals surface area contributed by atoms with E-state index in [0.29, 0.717) is 17.5 Å². The summed E-state index contributed by atoms with van der Waals surface area (Å²) in [5.41, 5.74) is 0.420. The molecule has 0 atom stereocenters. The van der Waals surface area contributed by atoms with Gasteiger partial charge in [0.2, 0.25) is 0 Å². The third-order valence-corrected chi connectivity index (χ3v) is 2.64. The smallest absolute Gasteiger partial charge is 0.123 e. The van der Waals surface area contributed by atoms with Gasteiger partial charge in [0.05, 0.1) is 0 Å². The molecule has 0 aromatic carbocycles. The van der Waals surface area contributed by atoms with E-state index in [1.54, 1.807) is 6.92 Å². The van der Waals surface area contributed by atoms with E-state index in [1.165, 1.54) is 31.9 Å². The van der Waals surface area contributed by atoms with Crippen LogP contribution in [0.4, 0.5) is 0 Å². The Labute approximate surface area is 85.6 Å². The molecule has 78 valence electrons. The first kappa shape index (κ1) is 11.1. The van der Waals surface area contributed by atoms with Gasteiger partial charge < -0.3 is 5.41 Å². The van der Waals surface area contributed by atoms with Crippen LogP contribution in [0.25, 0.3) is 0 Å². The highest BCUT2D eigenvalue weighted by atomic mass is 14.8. The first-order valence-electron chi connectivity index (χ1n) is 5.38. The molecular weight excluding hydrogens is 174 g/mol. The monoisotopic (exact) mass is 193 g/mol. The topological polar surface area (TPSA) is 60.1 Å². The minimum Gasteiger partial charge on any atom is -0.304 e. The molecule has 0 aromatic heterocycles. The predicted molar refractivity (Wildman–Crippen MR) is 60.8 cm³/mol. The predicted octanol–water partition coefficient (Wildman–Crippen LogP) is 3.04. The Balaban J connectivity index is 2.45. The molecule has 0 heterocycles. The van der Waals surface area contributed by atoms with Crippen LogP contribution in [0.3, 0.4) is 0 Å². The maximum atomic E-state index is 7.78. The van der Waals surface area contributed by atoms with Crippen molar-refractivity contribution in [3.05, 3.63) is 0 Å². The Bertz CT molecular complexity index is 235. The lowest BCUT2D eigenvalue weighted by Gasteiger charge is -2.10. The van der Waals surface area contributed by atoms with Crippen molar-refractivity contribution in [1.82, 2.24) is 0 Å². The highest BCUT2D eigenvalue weighted by Crippen LogP contribution is 2.23. The van der Waals surface area contributed by atoms with Crippen LogP contribution >= 0.6 is 0 Å². The van der Waals surface area contributed by atoms with Crippen molar-refractivity contribution in [3.8, 4) is 0 Å². The second-order valence-corrected chi connectivity index (χ2v) is 4.01. The van der Waals surface area contributed by atoms with Gasteiger partial charge in [-0.25, -0.2) is 4.99 Å². The van der Waals surface area contributed by atoms with E-state index in [2.05, 4.69) is 4.99 Å². The second-order valence-electron chi connectivity index (χ2n) is 4.01. The molecule has 0 spiro atoms. The SMILES string of the molecule is CC(=N)/C=N\C(=N)C1CCCCCC1.